The third kappa shape index (κ3) is 5.08. The van der Waals surface area contributed by atoms with Crippen LogP contribution >= 0.6 is 12.4 Å². The fourth-order valence-corrected chi connectivity index (χ4v) is 4.70. The number of sulfonamides is 1. The Balaban J connectivity index is 0.00000280. The second-order valence-corrected chi connectivity index (χ2v) is 8.60. The van der Waals surface area contributed by atoms with Gasteiger partial charge in [-0.3, -0.25) is 4.79 Å². The normalized spacial score (nSPS) is 20.2. The fourth-order valence-electron chi connectivity index (χ4n) is 3.48. The maximum Gasteiger partial charge on any atom is 0.241 e. The lowest BCUT2D eigenvalue weighted by Gasteiger charge is -2.27. The molecule has 28 heavy (non-hydrogen) atoms. The van der Waals surface area contributed by atoms with Crippen molar-refractivity contribution in [2.45, 2.75) is 43.2 Å². The summed E-state index contributed by atoms with van der Waals surface area (Å²) in [4.78, 5) is 14.6. The summed E-state index contributed by atoms with van der Waals surface area (Å²) in [5.41, 5.74) is 0. The molecule has 2 atom stereocenters. The lowest BCUT2D eigenvalue weighted by Crippen LogP contribution is -2.50. The number of hydrogen-bond donors (Lipinski definition) is 2. The van der Waals surface area contributed by atoms with Crippen molar-refractivity contribution in [3.05, 3.63) is 18.2 Å². The first-order valence-corrected chi connectivity index (χ1v) is 10.8. The lowest BCUT2D eigenvalue weighted by molar-refractivity contribution is -0.133. The minimum atomic E-state index is -3.86. The Bertz CT molecular complexity index is 789. The van der Waals surface area contributed by atoms with Crippen molar-refractivity contribution < 1.29 is 22.7 Å². The SMILES string of the molecule is CNCC1CCCN1C(=O)C(C)NS(=O)(=O)c1ccc2c(c1)OCCCO2.Cl. The highest BCUT2D eigenvalue weighted by Gasteiger charge is 2.33. The van der Waals surface area contributed by atoms with Gasteiger partial charge >= 0.3 is 0 Å². The largest absolute Gasteiger partial charge is 0.490 e. The molecule has 1 fully saturated rings. The molecule has 0 aliphatic carbocycles. The van der Waals surface area contributed by atoms with Gasteiger partial charge in [0.25, 0.3) is 0 Å². The third-order valence-corrected chi connectivity index (χ3v) is 6.37. The number of likely N-dealkylation sites (N-methyl/N-ethyl adjacent to an activating group) is 1. The van der Waals surface area contributed by atoms with Crippen LogP contribution in [0.25, 0.3) is 0 Å². The minimum absolute atomic E-state index is 0. The Morgan fingerprint density at radius 1 is 1.25 bits per heavy atom. The molecule has 10 heteroatoms. The molecule has 1 saturated heterocycles. The van der Waals surface area contributed by atoms with Crippen LogP contribution in [0.2, 0.25) is 0 Å². The summed E-state index contributed by atoms with van der Waals surface area (Å²) in [6.45, 7) is 3.94. The second-order valence-electron chi connectivity index (χ2n) is 6.89. The molecule has 3 rings (SSSR count). The van der Waals surface area contributed by atoms with E-state index in [9.17, 15) is 13.2 Å². The predicted octanol–water partition coefficient (Wildman–Crippen LogP) is 1.15. The third-order valence-electron chi connectivity index (χ3n) is 4.83. The van der Waals surface area contributed by atoms with E-state index in [4.69, 9.17) is 9.47 Å². The van der Waals surface area contributed by atoms with Gasteiger partial charge in [-0.25, -0.2) is 8.42 Å². The second kappa shape index (κ2) is 9.78. The summed E-state index contributed by atoms with van der Waals surface area (Å²) in [7, 11) is -2.01. The van der Waals surface area contributed by atoms with Crippen molar-refractivity contribution in [1.82, 2.24) is 14.9 Å². The number of halogens is 1. The summed E-state index contributed by atoms with van der Waals surface area (Å²) in [6.07, 6.45) is 2.60. The van der Waals surface area contributed by atoms with Crippen LogP contribution in [0, 0.1) is 0 Å². The highest BCUT2D eigenvalue weighted by Crippen LogP contribution is 2.32. The first-order valence-electron chi connectivity index (χ1n) is 9.29. The highest BCUT2D eigenvalue weighted by atomic mass is 35.5. The number of ether oxygens (including phenoxy) is 2. The molecule has 2 aliphatic rings. The van der Waals surface area contributed by atoms with Crippen LogP contribution in [0.5, 0.6) is 11.5 Å². The molecular formula is C18H28ClN3O5S. The standard InChI is InChI=1S/C18H27N3O5S.ClH/c1-13(18(22)21-8-3-5-14(21)12-19-2)20-27(23,24)15-6-7-16-17(11-15)26-10-4-9-25-16;/h6-7,11,13-14,19-20H,3-5,8-10,12H2,1-2H3;1H. The molecule has 0 aromatic heterocycles. The van der Waals surface area contributed by atoms with E-state index < -0.39 is 16.1 Å². The topological polar surface area (TPSA) is 97.0 Å². The van der Waals surface area contributed by atoms with E-state index in [0.717, 1.165) is 19.3 Å². The monoisotopic (exact) mass is 433 g/mol. The van der Waals surface area contributed by atoms with E-state index in [1.165, 1.54) is 12.1 Å². The zero-order valence-corrected chi connectivity index (χ0v) is 17.8. The maximum absolute atomic E-state index is 12.8. The van der Waals surface area contributed by atoms with E-state index >= 15 is 0 Å². The van der Waals surface area contributed by atoms with Gasteiger partial charge in [-0.2, -0.15) is 4.72 Å². The molecular weight excluding hydrogens is 406 g/mol. The molecule has 0 spiro atoms. The molecule has 2 N–H and O–H groups in total. The van der Waals surface area contributed by atoms with Gasteiger partial charge in [0.2, 0.25) is 15.9 Å². The Morgan fingerprint density at radius 2 is 1.96 bits per heavy atom. The predicted molar refractivity (Wildman–Crippen MR) is 108 cm³/mol. The number of nitrogens with zero attached hydrogens (tertiary/aromatic N) is 1. The molecule has 0 radical (unpaired) electrons. The summed E-state index contributed by atoms with van der Waals surface area (Å²) in [6, 6.07) is 3.76. The van der Waals surface area contributed by atoms with E-state index in [1.807, 2.05) is 7.05 Å². The van der Waals surface area contributed by atoms with Gasteiger partial charge in [0, 0.05) is 31.6 Å². The van der Waals surface area contributed by atoms with Crippen molar-refractivity contribution >= 4 is 28.3 Å². The number of benzene rings is 1. The van der Waals surface area contributed by atoms with Gasteiger partial charge in [-0.15, -0.1) is 12.4 Å². The number of rotatable bonds is 6. The Kier molecular flexibility index (Phi) is 7.94. The van der Waals surface area contributed by atoms with Gasteiger partial charge in [0.15, 0.2) is 11.5 Å². The molecule has 0 bridgehead atoms. The number of amides is 1. The van der Waals surface area contributed by atoms with Gasteiger partial charge in [0.05, 0.1) is 24.2 Å². The van der Waals surface area contributed by atoms with Crippen LogP contribution in [0.3, 0.4) is 0 Å². The number of fused-ring (bicyclic) bond motifs is 1. The van der Waals surface area contributed by atoms with Crippen molar-refractivity contribution in [1.29, 1.82) is 0 Å². The number of carbonyl (C=O) groups excluding carboxylic acids is 1. The molecule has 2 unspecified atom stereocenters. The highest BCUT2D eigenvalue weighted by molar-refractivity contribution is 7.89. The molecule has 2 aliphatic heterocycles. The number of carbonyl (C=O) groups is 1. The Hall–Kier alpha value is -1.55. The van der Waals surface area contributed by atoms with E-state index in [0.29, 0.717) is 37.8 Å². The van der Waals surface area contributed by atoms with E-state index in [2.05, 4.69) is 10.0 Å². The molecule has 1 amide bonds. The fraction of sp³-hybridized carbons (Fsp3) is 0.611. The molecule has 8 nitrogen and oxygen atoms in total. The Morgan fingerprint density at radius 3 is 2.68 bits per heavy atom. The first kappa shape index (κ1) is 22.7. The van der Waals surface area contributed by atoms with Crippen molar-refractivity contribution in [3.63, 3.8) is 0 Å². The maximum atomic E-state index is 12.8. The molecule has 1 aromatic carbocycles. The van der Waals surface area contributed by atoms with Crippen LogP contribution in [0.4, 0.5) is 0 Å². The van der Waals surface area contributed by atoms with Crippen LogP contribution < -0.4 is 19.5 Å². The number of hydrogen-bond acceptors (Lipinski definition) is 6. The van der Waals surface area contributed by atoms with E-state index in [1.54, 1.807) is 17.9 Å². The average molecular weight is 434 g/mol. The number of likely N-dealkylation sites (tertiary alicyclic amines) is 1. The first-order chi connectivity index (χ1) is 12.9. The van der Waals surface area contributed by atoms with Gasteiger partial charge in [-0.05, 0) is 38.9 Å². The van der Waals surface area contributed by atoms with Gasteiger partial charge in [0.1, 0.15) is 0 Å². The lowest BCUT2D eigenvalue weighted by atomic mass is 10.2. The zero-order chi connectivity index (χ0) is 19.4. The van der Waals surface area contributed by atoms with E-state index in [-0.39, 0.29) is 29.3 Å². The summed E-state index contributed by atoms with van der Waals surface area (Å²) >= 11 is 0. The van der Waals surface area contributed by atoms with Crippen LogP contribution in [0.1, 0.15) is 26.2 Å². The van der Waals surface area contributed by atoms with Crippen molar-refractivity contribution in [2.24, 2.45) is 0 Å². The van der Waals surface area contributed by atoms with Crippen LogP contribution in [0.15, 0.2) is 23.1 Å². The quantitative estimate of drug-likeness (QED) is 0.698. The summed E-state index contributed by atoms with van der Waals surface area (Å²) in [5, 5.41) is 3.08. The molecule has 2 heterocycles. The van der Waals surface area contributed by atoms with Crippen molar-refractivity contribution in [2.75, 3.05) is 33.4 Å². The van der Waals surface area contributed by atoms with Crippen LogP contribution in [-0.2, 0) is 14.8 Å². The molecule has 158 valence electrons. The summed E-state index contributed by atoms with van der Waals surface area (Å²) < 4.78 is 39.1. The van der Waals surface area contributed by atoms with Crippen molar-refractivity contribution in [3.8, 4) is 11.5 Å². The van der Waals surface area contributed by atoms with Crippen LogP contribution in [-0.4, -0.2) is 64.7 Å². The number of nitrogens with one attached hydrogen (secondary N) is 2. The Labute approximate surface area is 172 Å². The molecule has 0 saturated carbocycles. The average Bonchev–Trinajstić information content (AvgIpc) is 2.96. The minimum Gasteiger partial charge on any atom is -0.490 e. The zero-order valence-electron chi connectivity index (χ0n) is 16.1. The van der Waals surface area contributed by atoms with Gasteiger partial charge in [-0.1, -0.05) is 0 Å². The van der Waals surface area contributed by atoms with Gasteiger partial charge < -0.3 is 19.7 Å². The molecule has 1 aromatic rings. The smallest absolute Gasteiger partial charge is 0.241 e. The summed E-state index contributed by atoms with van der Waals surface area (Å²) in [5.74, 6) is 0.733.